The van der Waals surface area contributed by atoms with Crippen LogP contribution < -0.4 is 0 Å². The van der Waals surface area contributed by atoms with Gasteiger partial charge in [-0.2, -0.15) is 18.2 Å². The van der Waals surface area contributed by atoms with Crippen molar-refractivity contribution < 1.29 is 27.6 Å². The fourth-order valence-electron chi connectivity index (χ4n) is 1.43. The van der Waals surface area contributed by atoms with E-state index in [-0.39, 0.29) is 11.7 Å². The monoisotopic (exact) mass is 287 g/mol. The van der Waals surface area contributed by atoms with Crippen molar-refractivity contribution in [2.75, 3.05) is 7.11 Å². The van der Waals surface area contributed by atoms with Gasteiger partial charge in [-0.15, -0.1) is 0 Å². The molecule has 6 nitrogen and oxygen atoms in total. The molecule has 0 aliphatic carbocycles. The van der Waals surface area contributed by atoms with Gasteiger partial charge in [-0.25, -0.2) is 0 Å². The average molecular weight is 287 g/mol. The van der Waals surface area contributed by atoms with Crippen molar-refractivity contribution in [3.63, 3.8) is 0 Å². The Hall–Kier alpha value is -2.58. The summed E-state index contributed by atoms with van der Waals surface area (Å²) in [6, 6.07) is 5.87. The smallest absolute Gasteiger partial charge is 0.471 e. The minimum Gasteiger partial charge on any atom is -0.479 e. The maximum absolute atomic E-state index is 12.3. The summed E-state index contributed by atoms with van der Waals surface area (Å²) in [5.41, 5.74) is 0.764. The van der Waals surface area contributed by atoms with E-state index in [0.717, 1.165) is 0 Å². The van der Waals surface area contributed by atoms with Crippen molar-refractivity contribution in [2.45, 2.75) is 6.18 Å². The molecule has 20 heavy (non-hydrogen) atoms. The average Bonchev–Trinajstić information content (AvgIpc) is 2.90. The predicted molar refractivity (Wildman–Crippen MR) is 60.1 cm³/mol. The molecule has 0 amide bonds. The van der Waals surface area contributed by atoms with Gasteiger partial charge in [0, 0.05) is 11.1 Å². The molecule has 106 valence electrons. The van der Waals surface area contributed by atoms with Crippen molar-refractivity contribution in [3.8, 4) is 11.4 Å². The number of rotatable bonds is 2. The number of methoxy groups -OCH3 is 1. The molecule has 1 aromatic heterocycles. The van der Waals surface area contributed by atoms with Gasteiger partial charge in [0.15, 0.2) is 0 Å². The molecule has 0 bridgehead atoms. The van der Waals surface area contributed by atoms with Crippen LogP contribution in [0.15, 0.2) is 33.9 Å². The maximum Gasteiger partial charge on any atom is 0.471 e. The van der Waals surface area contributed by atoms with E-state index in [4.69, 9.17) is 9.94 Å². The molecule has 0 radical (unpaired) electrons. The van der Waals surface area contributed by atoms with Crippen LogP contribution in [0.5, 0.6) is 0 Å². The van der Waals surface area contributed by atoms with E-state index in [2.05, 4.69) is 19.8 Å². The van der Waals surface area contributed by atoms with Crippen LogP contribution in [-0.2, 0) is 10.9 Å². The number of oxime groups is 1. The number of aromatic nitrogens is 2. The zero-order valence-corrected chi connectivity index (χ0v) is 10.0. The largest absolute Gasteiger partial charge is 0.479 e. The number of ether oxygens (including phenoxy) is 1. The molecule has 9 heteroatoms. The van der Waals surface area contributed by atoms with E-state index >= 15 is 0 Å². The second kappa shape index (κ2) is 5.19. The lowest BCUT2D eigenvalue weighted by atomic mass is 10.1. The van der Waals surface area contributed by atoms with Crippen molar-refractivity contribution in [3.05, 3.63) is 35.7 Å². The minimum atomic E-state index is -4.68. The lowest BCUT2D eigenvalue weighted by Gasteiger charge is -2.02. The molecule has 2 rings (SSSR count). The Balaban J connectivity index is 2.29. The van der Waals surface area contributed by atoms with Crippen LogP contribution in [0.3, 0.4) is 0 Å². The summed E-state index contributed by atoms with van der Waals surface area (Å²) >= 11 is 0. The van der Waals surface area contributed by atoms with Crippen molar-refractivity contribution in [2.24, 2.45) is 5.16 Å². The zero-order valence-electron chi connectivity index (χ0n) is 10.0. The number of halogens is 3. The molecule has 2 aromatic rings. The van der Waals surface area contributed by atoms with Crippen LogP contribution in [0.1, 0.15) is 11.5 Å². The molecular formula is C11H8F3N3O3. The van der Waals surface area contributed by atoms with Gasteiger partial charge in [-0.05, 0) is 17.3 Å². The Morgan fingerprint density at radius 3 is 2.40 bits per heavy atom. The highest BCUT2D eigenvalue weighted by Gasteiger charge is 2.38. The van der Waals surface area contributed by atoms with Crippen molar-refractivity contribution in [1.29, 1.82) is 0 Å². The molecule has 0 spiro atoms. The second-order valence-corrected chi connectivity index (χ2v) is 3.61. The molecule has 1 heterocycles. The zero-order chi connectivity index (χ0) is 14.8. The van der Waals surface area contributed by atoms with E-state index < -0.39 is 12.1 Å². The quantitative estimate of drug-likeness (QED) is 0.397. The molecular weight excluding hydrogens is 279 g/mol. The van der Waals surface area contributed by atoms with Crippen LogP contribution in [0.4, 0.5) is 13.2 Å². The van der Waals surface area contributed by atoms with Crippen LogP contribution in [0.25, 0.3) is 11.4 Å². The molecule has 0 unspecified atom stereocenters. The first-order valence-electron chi connectivity index (χ1n) is 5.23. The Kier molecular flexibility index (Phi) is 3.59. The Bertz CT molecular complexity index is 620. The standard InChI is InChI=1S/C11H8F3N3O3/c1-19-9(16-18)7-4-2-6(3-5-7)8-15-10(20-17-8)11(12,13)14/h2-5,18H,1H3/b16-9-. The third-order valence-corrected chi connectivity index (χ3v) is 2.34. The van der Waals surface area contributed by atoms with Gasteiger partial charge in [0.05, 0.1) is 7.11 Å². The van der Waals surface area contributed by atoms with E-state index in [1.54, 1.807) is 0 Å². The Morgan fingerprint density at radius 2 is 1.95 bits per heavy atom. The lowest BCUT2D eigenvalue weighted by Crippen LogP contribution is -2.05. The van der Waals surface area contributed by atoms with Gasteiger partial charge < -0.3 is 14.5 Å². The first-order valence-corrected chi connectivity index (χ1v) is 5.23. The van der Waals surface area contributed by atoms with Gasteiger partial charge >= 0.3 is 12.1 Å². The SMILES string of the molecule is CO/C(=N\O)c1ccc(-c2noc(C(F)(F)F)n2)cc1. The summed E-state index contributed by atoms with van der Waals surface area (Å²) < 4.78 is 45.9. The van der Waals surface area contributed by atoms with Crippen LogP contribution in [-0.4, -0.2) is 28.4 Å². The van der Waals surface area contributed by atoms with Gasteiger partial charge in [0.2, 0.25) is 5.82 Å². The van der Waals surface area contributed by atoms with E-state index in [0.29, 0.717) is 11.1 Å². The van der Waals surface area contributed by atoms with Crippen molar-refractivity contribution >= 4 is 5.90 Å². The van der Waals surface area contributed by atoms with Gasteiger partial charge in [-0.1, -0.05) is 17.3 Å². The number of nitrogens with zero attached hydrogens (tertiary/aromatic N) is 3. The second-order valence-electron chi connectivity index (χ2n) is 3.61. The van der Waals surface area contributed by atoms with E-state index in [1.165, 1.54) is 31.4 Å². The summed E-state index contributed by atoms with van der Waals surface area (Å²) in [5, 5.41) is 14.8. The molecule has 0 saturated heterocycles. The van der Waals surface area contributed by atoms with Crippen LogP contribution >= 0.6 is 0 Å². The number of alkyl halides is 3. The first-order chi connectivity index (χ1) is 9.45. The summed E-state index contributed by atoms with van der Waals surface area (Å²) in [7, 11) is 1.32. The molecule has 1 N–H and O–H groups in total. The number of benzene rings is 1. The first kappa shape index (κ1) is 13.8. The van der Waals surface area contributed by atoms with Gasteiger partial charge in [0.1, 0.15) is 0 Å². The Morgan fingerprint density at radius 1 is 1.30 bits per heavy atom. The highest BCUT2D eigenvalue weighted by atomic mass is 19.4. The summed E-state index contributed by atoms with van der Waals surface area (Å²) in [6.45, 7) is 0. The third-order valence-electron chi connectivity index (χ3n) is 2.34. The molecule has 0 aliphatic rings. The van der Waals surface area contributed by atoms with Gasteiger partial charge in [0.25, 0.3) is 5.90 Å². The van der Waals surface area contributed by atoms with Crippen molar-refractivity contribution in [1.82, 2.24) is 10.1 Å². The fraction of sp³-hybridized carbons (Fsp3) is 0.182. The summed E-state index contributed by atoms with van der Waals surface area (Å²) in [6.07, 6.45) is -4.68. The summed E-state index contributed by atoms with van der Waals surface area (Å²) in [5.74, 6) is -1.63. The lowest BCUT2D eigenvalue weighted by molar-refractivity contribution is -0.159. The van der Waals surface area contributed by atoms with Gasteiger partial charge in [-0.3, -0.25) is 0 Å². The molecule has 0 atom stereocenters. The molecule has 0 saturated carbocycles. The predicted octanol–water partition coefficient (Wildman–Crippen LogP) is 2.54. The number of hydrogen-bond donors (Lipinski definition) is 1. The normalized spacial score (nSPS) is 12.5. The molecule has 1 aromatic carbocycles. The van der Waals surface area contributed by atoms with Crippen LogP contribution in [0.2, 0.25) is 0 Å². The number of hydrogen-bond acceptors (Lipinski definition) is 6. The molecule has 0 aliphatic heterocycles. The Labute approximate surface area is 110 Å². The topological polar surface area (TPSA) is 80.7 Å². The van der Waals surface area contributed by atoms with Crippen LogP contribution in [0, 0.1) is 0 Å². The third kappa shape index (κ3) is 2.71. The maximum atomic E-state index is 12.3. The van der Waals surface area contributed by atoms with E-state index in [9.17, 15) is 13.2 Å². The minimum absolute atomic E-state index is 0.0272. The fourth-order valence-corrected chi connectivity index (χ4v) is 1.43. The summed E-state index contributed by atoms with van der Waals surface area (Å²) in [4.78, 5) is 3.25. The molecule has 0 fully saturated rings. The van der Waals surface area contributed by atoms with E-state index in [1.807, 2.05) is 0 Å². The highest BCUT2D eigenvalue weighted by Crippen LogP contribution is 2.29. The highest BCUT2D eigenvalue weighted by molar-refractivity contribution is 5.93.